The number of pyridine rings is 1. The highest BCUT2D eigenvalue weighted by molar-refractivity contribution is 6.29. The van der Waals surface area contributed by atoms with Crippen LogP contribution in [0.3, 0.4) is 0 Å². The van der Waals surface area contributed by atoms with Crippen molar-refractivity contribution in [3.63, 3.8) is 0 Å². The van der Waals surface area contributed by atoms with Crippen molar-refractivity contribution in [2.75, 3.05) is 12.3 Å². The summed E-state index contributed by atoms with van der Waals surface area (Å²) in [6.45, 7) is -2.27. The van der Waals surface area contributed by atoms with Crippen molar-refractivity contribution >= 4 is 28.9 Å². The van der Waals surface area contributed by atoms with E-state index in [1.54, 1.807) is 10.7 Å². The molecule has 0 fully saturated rings. The Morgan fingerprint density at radius 1 is 1.42 bits per heavy atom. The first-order valence-electron chi connectivity index (χ1n) is 9.25. The number of carbonyl (C=O) groups excluding carboxylic acids is 1. The number of anilines is 2. The van der Waals surface area contributed by atoms with Crippen LogP contribution in [0.1, 0.15) is 20.0 Å². The highest BCUT2D eigenvalue weighted by Gasteiger charge is 2.23. The number of para-hydroxylation sites is 1. The SMILES string of the molecule is [2H]C([2H])([2H])NC(=O)c1cnc(Cl)cc1Nc1cccc2c1OCc1cn(C)nc1-2. The van der Waals surface area contributed by atoms with Crippen LogP contribution in [-0.2, 0) is 13.7 Å². The molecule has 1 aromatic carbocycles. The van der Waals surface area contributed by atoms with E-state index >= 15 is 0 Å². The molecule has 8 heteroatoms. The fourth-order valence-corrected chi connectivity index (χ4v) is 3.08. The van der Waals surface area contributed by atoms with Gasteiger partial charge >= 0.3 is 0 Å². The Morgan fingerprint density at radius 3 is 3.15 bits per heavy atom. The molecule has 1 amide bonds. The minimum Gasteiger partial charge on any atom is -0.486 e. The van der Waals surface area contributed by atoms with Gasteiger partial charge in [-0.3, -0.25) is 9.48 Å². The maximum absolute atomic E-state index is 12.4. The number of halogens is 1. The third kappa shape index (κ3) is 2.76. The molecule has 4 rings (SSSR count). The van der Waals surface area contributed by atoms with Gasteiger partial charge in [0.2, 0.25) is 0 Å². The molecule has 0 aliphatic carbocycles. The number of aromatic nitrogens is 3. The second-order valence-corrected chi connectivity index (χ2v) is 6.17. The summed E-state index contributed by atoms with van der Waals surface area (Å²) in [6, 6.07) is 6.96. The molecular weight excluding hydrogens is 354 g/mol. The highest BCUT2D eigenvalue weighted by atomic mass is 35.5. The van der Waals surface area contributed by atoms with Gasteiger partial charge in [-0.15, -0.1) is 0 Å². The van der Waals surface area contributed by atoms with Crippen LogP contribution in [0.15, 0.2) is 36.7 Å². The number of nitrogens with one attached hydrogen (secondary N) is 2. The summed E-state index contributed by atoms with van der Waals surface area (Å²) in [4.78, 5) is 16.3. The maximum Gasteiger partial charge on any atom is 0.254 e. The molecule has 3 heterocycles. The Balaban J connectivity index is 1.73. The number of rotatable bonds is 3. The summed E-state index contributed by atoms with van der Waals surface area (Å²) in [5.74, 6) is -0.219. The molecular formula is C18H16ClN5O2. The van der Waals surface area contributed by atoms with E-state index in [2.05, 4.69) is 15.4 Å². The Bertz CT molecular complexity index is 1110. The van der Waals surface area contributed by atoms with Gasteiger partial charge in [-0.25, -0.2) is 4.98 Å². The zero-order chi connectivity index (χ0) is 20.8. The fourth-order valence-electron chi connectivity index (χ4n) is 2.92. The minimum atomic E-state index is -2.63. The van der Waals surface area contributed by atoms with E-state index in [4.69, 9.17) is 20.5 Å². The standard InChI is InChI=1S/C18H16ClN5O2/c1-20-18(25)12-7-21-15(19)6-14(12)22-13-5-3-4-11-16-10(8-24(2)23-16)9-26-17(11)13/h3-8H,9H2,1-2H3,(H,20,25)(H,21,22)/i1D3. The van der Waals surface area contributed by atoms with Crippen molar-refractivity contribution in [3.8, 4) is 17.0 Å². The van der Waals surface area contributed by atoms with E-state index in [1.807, 2.05) is 30.7 Å². The Morgan fingerprint density at radius 2 is 2.31 bits per heavy atom. The maximum atomic E-state index is 12.4. The van der Waals surface area contributed by atoms with Crippen molar-refractivity contribution in [1.82, 2.24) is 20.1 Å². The van der Waals surface area contributed by atoms with Gasteiger partial charge in [-0.05, 0) is 18.2 Å². The molecule has 0 bridgehead atoms. The lowest BCUT2D eigenvalue weighted by atomic mass is 10.0. The van der Waals surface area contributed by atoms with Crippen LogP contribution in [0, 0.1) is 0 Å². The molecule has 0 radical (unpaired) electrons. The van der Waals surface area contributed by atoms with Crippen LogP contribution < -0.4 is 15.4 Å². The first kappa shape index (κ1) is 13.2. The molecule has 1 aliphatic heterocycles. The van der Waals surface area contributed by atoms with Gasteiger partial charge in [0.1, 0.15) is 17.5 Å². The van der Waals surface area contributed by atoms with E-state index in [0.717, 1.165) is 16.8 Å². The monoisotopic (exact) mass is 372 g/mol. The smallest absolute Gasteiger partial charge is 0.254 e. The third-order valence-electron chi connectivity index (χ3n) is 4.04. The molecule has 132 valence electrons. The van der Waals surface area contributed by atoms with E-state index in [1.165, 1.54) is 12.3 Å². The average molecular weight is 373 g/mol. The van der Waals surface area contributed by atoms with Crippen molar-refractivity contribution in [1.29, 1.82) is 0 Å². The molecule has 0 unspecified atom stereocenters. The molecule has 26 heavy (non-hydrogen) atoms. The first-order chi connectivity index (χ1) is 13.7. The average Bonchev–Trinajstić information content (AvgIpc) is 3.01. The number of benzene rings is 1. The molecule has 3 aromatic rings. The van der Waals surface area contributed by atoms with Gasteiger partial charge in [0, 0.05) is 41.7 Å². The second-order valence-electron chi connectivity index (χ2n) is 5.78. The van der Waals surface area contributed by atoms with Gasteiger partial charge in [-0.2, -0.15) is 5.10 Å². The molecule has 0 saturated heterocycles. The van der Waals surface area contributed by atoms with Crippen molar-refractivity contribution in [3.05, 3.63) is 52.9 Å². The number of hydrogen-bond donors (Lipinski definition) is 2. The number of ether oxygens (including phenoxy) is 1. The first-order valence-corrected chi connectivity index (χ1v) is 8.13. The summed E-state index contributed by atoms with van der Waals surface area (Å²) in [5, 5.41) is 9.71. The van der Waals surface area contributed by atoms with Crippen LogP contribution in [0.4, 0.5) is 11.4 Å². The summed E-state index contributed by atoms with van der Waals surface area (Å²) in [6.07, 6.45) is 3.12. The normalized spacial score (nSPS) is 14.2. The summed E-state index contributed by atoms with van der Waals surface area (Å²) in [7, 11) is 1.84. The largest absolute Gasteiger partial charge is 0.486 e. The zero-order valence-electron chi connectivity index (χ0n) is 16.7. The molecule has 0 spiro atoms. The third-order valence-corrected chi connectivity index (χ3v) is 4.25. The zero-order valence-corrected chi connectivity index (χ0v) is 14.5. The number of fused-ring (bicyclic) bond motifs is 3. The van der Waals surface area contributed by atoms with Crippen LogP contribution in [-0.4, -0.2) is 27.6 Å². The van der Waals surface area contributed by atoms with E-state index in [9.17, 15) is 4.79 Å². The minimum absolute atomic E-state index is 0.0393. The van der Waals surface area contributed by atoms with Gasteiger partial charge in [0.15, 0.2) is 5.75 Å². The van der Waals surface area contributed by atoms with Crippen LogP contribution in [0.5, 0.6) is 5.75 Å². The highest BCUT2D eigenvalue weighted by Crippen LogP contribution is 2.42. The van der Waals surface area contributed by atoms with Gasteiger partial charge in [-0.1, -0.05) is 17.7 Å². The second kappa shape index (κ2) is 6.34. The number of aryl methyl sites for hydroxylation is 1. The summed E-state index contributed by atoms with van der Waals surface area (Å²) in [5.41, 5.74) is 3.54. The van der Waals surface area contributed by atoms with Gasteiger partial charge < -0.3 is 15.4 Å². The summed E-state index contributed by atoms with van der Waals surface area (Å²) >= 11 is 6.00. The van der Waals surface area contributed by atoms with Crippen molar-refractivity contribution in [2.45, 2.75) is 6.61 Å². The van der Waals surface area contributed by atoms with Crippen LogP contribution in [0.2, 0.25) is 5.15 Å². The quantitative estimate of drug-likeness (QED) is 0.690. The topological polar surface area (TPSA) is 81.1 Å². The van der Waals surface area contributed by atoms with Crippen molar-refractivity contribution in [2.24, 2.45) is 7.05 Å². The predicted octanol–water partition coefficient (Wildman–Crippen LogP) is 3.13. The molecule has 2 aromatic heterocycles. The summed E-state index contributed by atoms with van der Waals surface area (Å²) < 4.78 is 29.4. The van der Waals surface area contributed by atoms with E-state index < -0.39 is 12.9 Å². The van der Waals surface area contributed by atoms with Gasteiger partial charge in [0.25, 0.3) is 5.91 Å². The lowest BCUT2D eigenvalue weighted by molar-refractivity contribution is 0.0963. The molecule has 1 aliphatic rings. The molecule has 2 N–H and O–H groups in total. The number of carbonyl (C=O) groups is 1. The predicted molar refractivity (Wildman–Crippen MR) is 98.9 cm³/mol. The van der Waals surface area contributed by atoms with E-state index in [-0.39, 0.29) is 10.7 Å². The Labute approximate surface area is 159 Å². The number of nitrogens with zero attached hydrogens (tertiary/aromatic N) is 3. The van der Waals surface area contributed by atoms with E-state index in [0.29, 0.717) is 23.7 Å². The lowest BCUT2D eigenvalue weighted by Gasteiger charge is -2.21. The lowest BCUT2D eigenvalue weighted by Crippen LogP contribution is -2.19. The van der Waals surface area contributed by atoms with Crippen LogP contribution >= 0.6 is 11.6 Å². The molecule has 0 atom stereocenters. The van der Waals surface area contributed by atoms with Crippen LogP contribution in [0.25, 0.3) is 11.3 Å². The fraction of sp³-hybridized carbons (Fsp3) is 0.167. The number of hydrogen-bond acceptors (Lipinski definition) is 5. The van der Waals surface area contributed by atoms with Crippen molar-refractivity contribution < 1.29 is 13.6 Å². The Hall–Kier alpha value is -3.06. The molecule has 0 saturated carbocycles. The number of amides is 1. The molecule has 7 nitrogen and oxygen atoms in total. The Kier molecular flexibility index (Phi) is 3.22. The van der Waals surface area contributed by atoms with Gasteiger partial charge in [0.05, 0.1) is 16.9 Å².